The Balaban J connectivity index is 2.58. The molecule has 4 heteroatoms. The molecule has 0 radical (unpaired) electrons. The van der Waals surface area contributed by atoms with Gasteiger partial charge in [-0.15, -0.1) is 0 Å². The first-order valence-electron chi connectivity index (χ1n) is 6.02. The average molecular weight is 234 g/mol. The van der Waals surface area contributed by atoms with Crippen LogP contribution in [-0.2, 0) is 0 Å². The van der Waals surface area contributed by atoms with Gasteiger partial charge in [0.1, 0.15) is 0 Å². The minimum absolute atomic E-state index is 0.260. The van der Waals surface area contributed by atoms with Gasteiger partial charge in [0.05, 0.1) is 10.5 Å². The van der Waals surface area contributed by atoms with Crippen molar-refractivity contribution in [3.8, 4) is 0 Å². The summed E-state index contributed by atoms with van der Waals surface area (Å²) in [6, 6.07) is 1.93. The van der Waals surface area contributed by atoms with E-state index in [1.54, 1.807) is 0 Å². The lowest BCUT2D eigenvalue weighted by molar-refractivity contribution is -0.386. The molecule has 1 heterocycles. The van der Waals surface area contributed by atoms with Gasteiger partial charge in [0.2, 0.25) is 0 Å². The normalized spacial score (nSPS) is 15.4. The molecular weight excluding hydrogens is 216 g/mol. The minimum Gasteiger partial charge on any atom is -0.371 e. The van der Waals surface area contributed by atoms with E-state index in [0.29, 0.717) is 0 Å². The van der Waals surface area contributed by atoms with Gasteiger partial charge in [-0.2, -0.15) is 0 Å². The number of hydrogen-bond acceptors (Lipinski definition) is 3. The average Bonchev–Trinajstić information content (AvgIpc) is 2.69. The summed E-state index contributed by atoms with van der Waals surface area (Å²) in [5.41, 5.74) is 4.06. The molecular formula is C13H18N2O2. The van der Waals surface area contributed by atoms with Crippen molar-refractivity contribution in [1.29, 1.82) is 0 Å². The maximum Gasteiger partial charge on any atom is 0.277 e. The Kier molecular flexibility index (Phi) is 3.05. The van der Waals surface area contributed by atoms with E-state index in [-0.39, 0.29) is 10.6 Å². The van der Waals surface area contributed by atoms with Gasteiger partial charge >= 0.3 is 0 Å². The van der Waals surface area contributed by atoms with Crippen LogP contribution >= 0.6 is 0 Å². The van der Waals surface area contributed by atoms with Crippen LogP contribution in [0.4, 0.5) is 11.4 Å². The number of rotatable bonds is 2. The molecule has 0 spiro atoms. The standard InChI is InChI=1S/C13H18N2O2/c1-9-8-10(2)13(15(16)17)11(3)12(9)14-6-4-5-7-14/h8H,4-7H2,1-3H3. The summed E-state index contributed by atoms with van der Waals surface area (Å²) in [6.45, 7) is 7.75. The SMILES string of the molecule is Cc1cc(C)c([N+](=O)[O-])c(C)c1N1CCCC1. The van der Waals surface area contributed by atoms with Gasteiger partial charge in [-0.05, 0) is 45.2 Å². The van der Waals surface area contributed by atoms with Crippen LogP contribution in [0.2, 0.25) is 0 Å². The zero-order valence-corrected chi connectivity index (χ0v) is 10.6. The Bertz CT molecular complexity index is 463. The first-order chi connectivity index (χ1) is 8.02. The van der Waals surface area contributed by atoms with Crippen LogP contribution in [-0.4, -0.2) is 18.0 Å². The van der Waals surface area contributed by atoms with Crippen molar-refractivity contribution < 1.29 is 4.92 Å². The molecule has 1 fully saturated rings. The molecule has 17 heavy (non-hydrogen) atoms. The van der Waals surface area contributed by atoms with Crippen molar-refractivity contribution in [2.45, 2.75) is 33.6 Å². The third-order valence-electron chi connectivity index (χ3n) is 3.50. The van der Waals surface area contributed by atoms with Crippen LogP contribution in [0.1, 0.15) is 29.5 Å². The molecule has 1 aromatic rings. The molecule has 1 aromatic carbocycles. The number of benzene rings is 1. The van der Waals surface area contributed by atoms with Crippen molar-refractivity contribution in [1.82, 2.24) is 0 Å². The molecule has 0 bridgehead atoms. The maximum absolute atomic E-state index is 11.1. The number of nitro benzene ring substituents is 1. The highest BCUT2D eigenvalue weighted by Gasteiger charge is 2.24. The fraction of sp³-hybridized carbons (Fsp3) is 0.538. The monoisotopic (exact) mass is 234 g/mol. The Morgan fingerprint density at radius 3 is 2.29 bits per heavy atom. The van der Waals surface area contributed by atoms with Crippen LogP contribution in [0.25, 0.3) is 0 Å². The van der Waals surface area contributed by atoms with Crippen molar-refractivity contribution in [2.24, 2.45) is 0 Å². The lowest BCUT2D eigenvalue weighted by atomic mass is 10.0. The predicted octanol–water partition coefficient (Wildman–Crippen LogP) is 3.12. The summed E-state index contributed by atoms with van der Waals surface area (Å²) in [6.07, 6.45) is 2.36. The molecule has 0 amide bonds. The maximum atomic E-state index is 11.1. The van der Waals surface area contributed by atoms with E-state index >= 15 is 0 Å². The van der Waals surface area contributed by atoms with E-state index in [1.165, 1.54) is 12.8 Å². The zero-order valence-electron chi connectivity index (χ0n) is 10.6. The number of aryl methyl sites for hydroxylation is 2. The first-order valence-corrected chi connectivity index (χ1v) is 6.02. The van der Waals surface area contributed by atoms with Crippen molar-refractivity contribution in [3.05, 3.63) is 32.9 Å². The molecule has 0 aliphatic carbocycles. The van der Waals surface area contributed by atoms with Crippen LogP contribution in [0, 0.1) is 30.9 Å². The molecule has 0 aromatic heterocycles. The lowest BCUT2D eigenvalue weighted by Crippen LogP contribution is -2.20. The summed E-state index contributed by atoms with van der Waals surface area (Å²) in [5.74, 6) is 0. The largest absolute Gasteiger partial charge is 0.371 e. The van der Waals surface area contributed by atoms with E-state index in [2.05, 4.69) is 4.90 Å². The molecule has 1 aliphatic rings. The molecule has 92 valence electrons. The minimum atomic E-state index is -0.260. The fourth-order valence-corrected chi connectivity index (χ4v) is 2.87. The Morgan fingerprint density at radius 1 is 1.18 bits per heavy atom. The Labute approximate surface area is 101 Å². The summed E-state index contributed by atoms with van der Waals surface area (Å²) in [7, 11) is 0. The van der Waals surface area contributed by atoms with Crippen LogP contribution < -0.4 is 4.90 Å². The lowest BCUT2D eigenvalue weighted by Gasteiger charge is -2.23. The molecule has 0 atom stereocenters. The molecule has 0 unspecified atom stereocenters. The van der Waals surface area contributed by atoms with Gasteiger partial charge in [0.15, 0.2) is 0 Å². The third-order valence-corrected chi connectivity index (χ3v) is 3.50. The summed E-state index contributed by atoms with van der Waals surface area (Å²) >= 11 is 0. The highest BCUT2D eigenvalue weighted by molar-refractivity contribution is 5.68. The van der Waals surface area contributed by atoms with Gasteiger partial charge in [0, 0.05) is 24.3 Å². The van der Waals surface area contributed by atoms with Crippen molar-refractivity contribution >= 4 is 11.4 Å². The number of hydrogen-bond donors (Lipinski definition) is 0. The molecule has 2 rings (SSSR count). The van der Waals surface area contributed by atoms with Gasteiger partial charge in [-0.3, -0.25) is 10.1 Å². The van der Waals surface area contributed by atoms with Gasteiger partial charge in [-0.25, -0.2) is 0 Å². The van der Waals surface area contributed by atoms with Gasteiger partial charge in [0.25, 0.3) is 5.69 Å². The van der Waals surface area contributed by atoms with E-state index in [9.17, 15) is 10.1 Å². The fourth-order valence-electron chi connectivity index (χ4n) is 2.87. The summed E-state index contributed by atoms with van der Waals surface area (Å²) in [4.78, 5) is 13.1. The topological polar surface area (TPSA) is 46.4 Å². The second kappa shape index (κ2) is 4.35. The predicted molar refractivity (Wildman–Crippen MR) is 68.8 cm³/mol. The molecule has 4 nitrogen and oxygen atoms in total. The quantitative estimate of drug-likeness (QED) is 0.583. The molecule has 1 aliphatic heterocycles. The van der Waals surface area contributed by atoms with E-state index in [1.807, 2.05) is 26.8 Å². The van der Waals surface area contributed by atoms with Crippen LogP contribution in [0.15, 0.2) is 6.07 Å². The Morgan fingerprint density at radius 2 is 1.76 bits per heavy atom. The zero-order chi connectivity index (χ0) is 12.6. The summed E-state index contributed by atoms with van der Waals surface area (Å²) < 4.78 is 0. The summed E-state index contributed by atoms with van der Waals surface area (Å²) in [5, 5.41) is 11.1. The molecule has 0 N–H and O–H groups in total. The van der Waals surface area contributed by atoms with Crippen LogP contribution in [0.3, 0.4) is 0 Å². The molecule has 0 saturated carbocycles. The first kappa shape index (κ1) is 11.9. The second-order valence-electron chi connectivity index (χ2n) is 4.78. The van der Waals surface area contributed by atoms with E-state index < -0.39 is 0 Å². The van der Waals surface area contributed by atoms with Crippen LogP contribution in [0.5, 0.6) is 0 Å². The highest BCUT2D eigenvalue weighted by atomic mass is 16.6. The second-order valence-corrected chi connectivity index (χ2v) is 4.78. The highest BCUT2D eigenvalue weighted by Crippen LogP contribution is 2.36. The Hall–Kier alpha value is -1.58. The van der Waals surface area contributed by atoms with Crippen molar-refractivity contribution in [3.63, 3.8) is 0 Å². The van der Waals surface area contributed by atoms with Gasteiger partial charge < -0.3 is 4.90 Å². The van der Waals surface area contributed by atoms with Crippen molar-refractivity contribution in [2.75, 3.05) is 18.0 Å². The van der Waals surface area contributed by atoms with E-state index in [0.717, 1.165) is 35.5 Å². The number of anilines is 1. The van der Waals surface area contributed by atoms with Gasteiger partial charge in [-0.1, -0.05) is 0 Å². The number of nitrogens with zero attached hydrogens (tertiary/aromatic N) is 2. The number of nitro groups is 1. The third kappa shape index (κ3) is 1.99. The van der Waals surface area contributed by atoms with E-state index in [4.69, 9.17) is 0 Å². The molecule has 1 saturated heterocycles. The smallest absolute Gasteiger partial charge is 0.277 e.